The largest absolute Gasteiger partial charge is 0.446 e. The Morgan fingerprint density at radius 1 is 1.22 bits per heavy atom. The number of nitrogens with zero attached hydrogens (tertiary/aromatic N) is 2. The highest BCUT2D eigenvalue weighted by Gasteiger charge is 2.17. The Bertz CT molecular complexity index is 813. The molecule has 0 spiro atoms. The van der Waals surface area contributed by atoms with E-state index in [0.717, 1.165) is 5.56 Å². The Labute approximate surface area is 138 Å². The van der Waals surface area contributed by atoms with Crippen LogP contribution in [0.25, 0.3) is 11.6 Å². The number of hydrogen-bond acceptors (Lipinski definition) is 5. The number of nitrogens with one attached hydrogen (secondary N) is 1. The van der Waals surface area contributed by atoms with Gasteiger partial charge in [0.15, 0.2) is 10.4 Å². The van der Waals surface area contributed by atoms with Crippen LogP contribution in [-0.4, -0.2) is 22.6 Å². The molecule has 0 aliphatic heterocycles. The highest BCUT2D eigenvalue weighted by atomic mass is 79.9. The zero-order valence-electron chi connectivity index (χ0n) is 11.8. The number of carbonyl (C=O) groups is 1. The molecule has 3 aromatic rings. The van der Waals surface area contributed by atoms with Crippen molar-refractivity contribution in [1.29, 1.82) is 0 Å². The summed E-state index contributed by atoms with van der Waals surface area (Å²) in [5.74, 6) is -0.325. The average Bonchev–Trinajstić information content (AvgIpc) is 3.18. The van der Waals surface area contributed by atoms with Crippen molar-refractivity contribution in [3.05, 3.63) is 58.3 Å². The second-order valence-corrected chi connectivity index (χ2v) is 5.44. The first kappa shape index (κ1) is 15.4. The molecule has 8 heteroatoms. The summed E-state index contributed by atoms with van der Waals surface area (Å²) < 4.78 is 23.5. The molecule has 0 unspecified atom stereocenters. The van der Waals surface area contributed by atoms with Gasteiger partial charge < -0.3 is 14.3 Å². The van der Waals surface area contributed by atoms with Gasteiger partial charge in [-0.25, -0.2) is 4.39 Å². The minimum atomic E-state index is -0.475. The Morgan fingerprint density at radius 2 is 2.00 bits per heavy atom. The molecule has 1 amide bonds. The molecule has 0 radical (unpaired) electrons. The molecule has 0 fully saturated rings. The number of amides is 1. The Kier molecular flexibility index (Phi) is 4.52. The van der Waals surface area contributed by atoms with Crippen LogP contribution in [0.15, 0.2) is 50.0 Å². The minimum Gasteiger partial charge on any atom is -0.446 e. The van der Waals surface area contributed by atoms with Gasteiger partial charge in [0.1, 0.15) is 5.82 Å². The second-order valence-electron chi connectivity index (χ2n) is 4.66. The minimum absolute atomic E-state index is 0.147. The summed E-state index contributed by atoms with van der Waals surface area (Å²) in [6.45, 7) is 0.370. The van der Waals surface area contributed by atoms with Gasteiger partial charge in [0.2, 0.25) is 5.82 Å². The van der Waals surface area contributed by atoms with E-state index in [1.165, 1.54) is 12.1 Å². The maximum atomic E-state index is 12.8. The standard InChI is InChI=1S/C15H11BrFN3O3/c16-12-6-5-11(22-12)13-19-15(23-20-13)14(21)18-8-7-9-1-3-10(17)4-2-9/h1-6H,7-8H2,(H,18,21). The molecule has 0 saturated carbocycles. The van der Waals surface area contributed by atoms with Crippen LogP contribution in [0.3, 0.4) is 0 Å². The molecular formula is C15H11BrFN3O3. The Hall–Kier alpha value is -2.48. The number of benzene rings is 1. The summed E-state index contributed by atoms with van der Waals surface area (Å²) in [5, 5.41) is 6.36. The third-order valence-electron chi connectivity index (χ3n) is 3.03. The maximum Gasteiger partial charge on any atom is 0.316 e. The van der Waals surface area contributed by atoms with E-state index in [-0.39, 0.29) is 17.5 Å². The van der Waals surface area contributed by atoms with Crippen LogP contribution in [0.2, 0.25) is 0 Å². The van der Waals surface area contributed by atoms with Crippen LogP contribution < -0.4 is 5.32 Å². The van der Waals surface area contributed by atoms with Gasteiger partial charge in [0.05, 0.1) is 0 Å². The molecule has 1 N–H and O–H groups in total. The van der Waals surface area contributed by atoms with Crippen molar-refractivity contribution in [3.8, 4) is 11.6 Å². The predicted octanol–water partition coefficient (Wildman–Crippen LogP) is 3.20. The number of furan rings is 1. The quantitative estimate of drug-likeness (QED) is 0.735. The second kappa shape index (κ2) is 6.74. The van der Waals surface area contributed by atoms with E-state index in [2.05, 4.69) is 31.4 Å². The molecule has 1 aromatic carbocycles. The van der Waals surface area contributed by atoms with E-state index < -0.39 is 5.91 Å². The van der Waals surface area contributed by atoms with Crippen LogP contribution in [0.4, 0.5) is 4.39 Å². The summed E-state index contributed by atoms with van der Waals surface area (Å²) in [7, 11) is 0. The Morgan fingerprint density at radius 3 is 2.70 bits per heavy atom. The van der Waals surface area contributed by atoms with Gasteiger partial charge in [-0.2, -0.15) is 4.98 Å². The number of carbonyl (C=O) groups excluding carboxylic acids is 1. The number of halogens is 2. The van der Waals surface area contributed by atoms with Gasteiger partial charge in [-0.1, -0.05) is 17.3 Å². The monoisotopic (exact) mass is 379 g/mol. The molecule has 23 heavy (non-hydrogen) atoms. The van der Waals surface area contributed by atoms with Gasteiger partial charge in [0.25, 0.3) is 0 Å². The molecule has 118 valence electrons. The fourth-order valence-corrected chi connectivity index (χ4v) is 2.20. The van der Waals surface area contributed by atoms with Crippen molar-refractivity contribution in [2.75, 3.05) is 6.54 Å². The smallest absolute Gasteiger partial charge is 0.316 e. The fourth-order valence-electron chi connectivity index (χ4n) is 1.90. The third-order valence-corrected chi connectivity index (χ3v) is 3.45. The normalized spacial score (nSPS) is 10.7. The van der Waals surface area contributed by atoms with Crippen molar-refractivity contribution in [1.82, 2.24) is 15.5 Å². The molecule has 6 nitrogen and oxygen atoms in total. The molecular weight excluding hydrogens is 369 g/mol. The molecule has 3 rings (SSSR count). The molecule has 0 saturated heterocycles. The van der Waals surface area contributed by atoms with Crippen molar-refractivity contribution >= 4 is 21.8 Å². The van der Waals surface area contributed by atoms with Crippen molar-refractivity contribution in [3.63, 3.8) is 0 Å². The van der Waals surface area contributed by atoms with Crippen LogP contribution in [0.5, 0.6) is 0 Å². The van der Waals surface area contributed by atoms with Gasteiger partial charge in [-0.05, 0) is 52.2 Å². The average molecular weight is 380 g/mol. The molecule has 2 aromatic heterocycles. The van der Waals surface area contributed by atoms with E-state index in [1.54, 1.807) is 24.3 Å². The highest BCUT2D eigenvalue weighted by molar-refractivity contribution is 9.10. The first-order valence-electron chi connectivity index (χ1n) is 6.74. The third kappa shape index (κ3) is 3.84. The van der Waals surface area contributed by atoms with Crippen molar-refractivity contribution in [2.24, 2.45) is 0 Å². The lowest BCUT2D eigenvalue weighted by molar-refractivity contribution is 0.0910. The maximum absolute atomic E-state index is 12.8. The van der Waals surface area contributed by atoms with Crippen LogP contribution in [0, 0.1) is 5.82 Å². The number of hydrogen-bond donors (Lipinski definition) is 1. The van der Waals surface area contributed by atoms with E-state index >= 15 is 0 Å². The Balaban J connectivity index is 1.56. The van der Waals surface area contributed by atoms with E-state index in [4.69, 9.17) is 8.94 Å². The van der Waals surface area contributed by atoms with Crippen LogP contribution in [0.1, 0.15) is 16.2 Å². The highest BCUT2D eigenvalue weighted by Crippen LogP contribution is 2.22. The van der Waals surface area contributed by atoms with Gasteiger partial charge in [-0.3, -0.25) is 4.79 Å². The fraction of sp³-hybridized carbons (Fsp3) is 0.133. The van der Waals surface area contributed by atoms with Gasteiger partial charge in [-0.15, -0.1) is 0 Å². The first-order chi connectivity index (χ1) is 11.1. The SMILES string of the molecule is O=C(NCCc1ccc(F)cc1)c1nc(-c2ccc(Br)o2)no1. The molecule has 0 aliphatic rings. The summed E-state index contributed by atoms with van der Waals surface area (Å²) in [4.78, 5) is 15.9. The van der Waals surface area contributed by atoms with E-state index in [1.807, 2.05) is 0 Å². The molecule has 0 bridgehead atoms. The van der Waals surface area contributed by atoms with Crippen LogP contribution in [-0.2, 0) is 6.42 Å². The molecule has 2 heterocycles. The van der Waals surface area contributed by atoms with Crippen molar-refractivity contribution in [2.45, 2.75) is 6.42 Å². The topological polar surface area (TPSA) is 81.2 Å². The lowest BCUT2D eigenvalue weighted by atomic mass is 10.1. The van der Waals surface area contributed by atoms with E-state index in [9.17, 15) is 9.18 Å². The zero-order chi connectivity index (χ0) is 16.2. The van der Waals surface area contributed by atoms with Gasteiger partial charge in [0, 0.05) is 6.54 Å². The van der Waals surface area contributed by atoms with Crippen molar-refractivity contribution < 1.29 is 18.1 Å². The van der Waals surface area contributed by atoms with Crippen LogP contribution >= 0.6 is 15.9 Å². The summed E-state index contributed by atoms with van der Waals surface area (Å²) in [5.41, 5.74) is 0.915. The molecule has 0 atom stereocenters. The molecule has 0 aliphatic carbocycles. The van der Waals surface area contributed by atoms with E-state index in [0.29, 0.717) is 23.4 Å². The van der Waals surface area contributed by atoms with Gasteiger partial charge >= 0.3 is 11.8 Å². The predicted molar refractivity (Wildman–Crippen MR) is 82.1 cm³/mol. The summed E-state index contributed by atoms with van der Waals surface area (Å²) >= 11 is 3.17. The summed E-state index contributed by atoms with van der Waals surface area (Å²) in [6.07, 6.45) is 0.568. The first-order valence-corrected chi connectivity index (χ1v) is 7.53. The lowest BCUT2D eigenvalue weighted by Gasteiger charge is -2.02. The number of rotatable bonds is 5. The lowest BCUT2D eigenvalue weighted by Crippen LogP contribution is -2.26. The summed E-state index contributed by atoms with van der Waals surface area (Å²) in [6, 6.07) is 9.44. The zero-order valence-corrected chi connectivity index (χ0v) is 13.3. The number of aromatic nitrogens is 2.